The topological polar surface area (TPSA) is 91.0 Å². The molecule has 1 aromatic carbocycles. The first-order valence-corrected chi connectivity index (χ1v) is 5.51. The van der Waals surface area contributed by atoms with Gasteiger partial charge in [0.1, 0.15) is 6.04 Å². The normalized spacial score (nSPS) is 14.6. The second kappa shape index (κ2) is 5.24. The van der Waals surface area contributed by atoms with Crippen LogP contribution in [0.1, 0.15) is 11.1 Å². The van der Waals surface area contributed by atoms with Crippen molar-refractivity contribution in [1.29, 1.82) is 0 Å². The summed E-state index contributed by atoms with van der Waals surface area (Å²) in [6, 6.07) is 2.61. The molecule has 0 saturated carbocycles. The molecule has 1 aromatic rings. The fourth-order valence-corrected chi connectivity index (χ4v) is 1.89. The van der Waals surface area contributed by atoms with Crippen LogP contribution in [-0.2, 0) is 22.6 Å². The molecule has 98 valence electrons. The number of fused-ring (bicyclic) bond motifs is 1. The van der Waals surface area contributed by atoms with Gasteiger partial charge in [0.05, 0.1) is 6.61 Å². The molecule has 1 heterocycles. The van der Waals surface area contributed by atoms with E-state index >= 15 is 0 Å². The number of methoxy groups -OCH3 is 1. The lowest BCUT2D eigenvalue weighted by atomic mass is 9.99. The van der Waals surface area contributed by atoms with E-state index in [0.717, 1.165) is 11.1 Å². The van der Waals surface area contributed by atoms with Gasteiger partial charge in [0.25, 0.3) is 0 Å². The van der Waals surface area contributed by atoms with Gasteiger partial charge in [-0.3, -0.25) is 4.79 Å². The SMILES string of the molecule is COCc1c(CC(N)C(=O)O)ccc2c1OCO2. The second-order valence-corrected chi connectivity index (χ2v) is 4.02. The van der Waals surface area contributed by atoms with Crippen molar-refractivity contribution in [3.8, 4) is 11.5 Å². The van der Waals surface area contributed by atoms with E-state index in [-0.39, 0.29) is 13.2 Å². The van der Waals surface area contributed by atoms with Crippen molar-refractivity contribution in [2.75, 3.05) is 13.9 Å². The largest absolute Gasteiger partial charge is 0.480 e. The van der Waals surface area contributed by atoms with Crippen LogP contribution in [0.5, 0.6) is 11.5 Å². The lowest BCUT2D eigenvalue weighted by Gasteiger charge is -2.13. The Hall–Kier alpha value is -1.79. The van der Waals surface area contributed by atoms with Crippen LogP contribution in [-0.4, -0.2) is 31.0 Å². The zero-order valence-corrected chi connectivity index (χ0v) is 10.0. The monoisotopic (exact) mass is 253 g/mol. The van der Waals surface area contributed by atoms with Crippen molar-refractivity contribution in [3.63, 3.8) is 0 Å². The summed E-state index contributed by atoms with van der Waals surface area (Å²) in [5.41, 5.74) is 7.14. The summed E-state index contributed by atoms with van der Waals surface area (Å²) in [4.78, 5) is 10.8. The number of nitrogens with two attached hydrogens (primary N) is 1. The molecule has 0 bridgehead atoms. The Kier molecular flexibility index (Phi) is 3.69. The van der Waals surface area contributed by atoms with Crippen molar-refractivity contribution < 1.29 is 24.1 Å². The van der Waals surface area contributed by atoms with E-state index in [4.69, 9.17) is 25.1 Å². The molecule has 1 aliphatic rings. The Balaban J connectivity index is 2.32. The first kappa shape index (κ1) is 12.7. The zero-order valence-electron chi connectivity index (χ0n) is 10.0. The van der Waals surface area contributed by atoms with E-state index in [1.807, 2.05) is 0 Å². The highest BCUT2D eigenvalue weighted by molar-refractivity contribution is 5.73. The van der Waals surface area contributed by atoms with Gasteiger partial charge in [0, 0.05) is 12.7 Å². The van der Waals surface area contributed by atoms with Crippen molar-refractivity contribution in [2.24, 2.45) is 5.73 Å². The maximum atomic E-state index is 10.8. The minimum atomic E-state index is -1.03. The van der Waals surface area contributed by atoms with E-state index in [9.17, 15) is 4.79 Å². The molecule has 1 unspecified atom stereocenters. The number of ether oxygens (including phenoxy) is 3. The van der Waals surface area contributed by atoms with Gasteiger partial charge in [-0.1, -0.05) is 6.07 Å². The van der Waals surface area contributed by atoms with Gasteiger partial charge in [0.2, 0.25) is 6.79 Å². The summed E-state index contributed by atoms with van der Waals surface area (Å²) < 4.78 is 15.8. The predicted molar refractivity (Wildman–Crippen MR) is 62.6 cm³/mol. The maximum Gasteiger partial charge on any atom is 0.320 e. The molecule has 0 spiro atoms. The lowest BCUT2D eigenvalue weighted by Crippen LogP contribution is -2.32. The molecule has 0 aromatic heterocycles. The number of aliphatic carboxylic acids is 1. The van der Waals surface area contributed by atoms with Gasteiger partial charge in [-0.05, 0) is 18.1 Å². The number of carboxylic acids is 1. The van der Waals surface area contributed by atoms with Crippen LogP contribution in [0.15, 0.2) is 12.1 Å². The summed E-state index contributed by atoms with van der Waals surface area (Å²) in [5, 5.41) is 8.85. The summed E-state index contributed by atoms with van der Waals surface area (Å²) in [6.45, 7) is 0.495. The molecule has 6 heteroatoms. The second-order valence-electron chi connectivity index (χ2n) is 4.02. The Labute approximate surface area is 104 Å². The van der Waals surface area contributed by atoms with Crippen LogP contribution in [0, 0.1) is 0 Å². The van der Waals surface area contributed by atoms with E-state index in [1.165, 1.54) is 0 Å². The van der Waals surface area contributed by atoms with Gasteiger partial charge in [-0.25, -0.2) is 0 Å². The minimum Gasteiger partial charge on any atom is -0.480 e. The summed E-state index contributed by atoms with van der Waals surface area (Å²) >= 11 is 0. The Bertz CT molecular complexity index is 460. The lowest BCUT2D eigenvalue weighted by molar-refractivity contribution is -0.138. The van der Waals surface area contributed by atoms with Crippen LogP contribution >= 0.6 is 0 Å². The van der Waals surface area contributed by atoms with Crippen molar-refractivity contribution in [2.45, 2.75) is 19.1 Å². The number of hydrogen-bond acceptors (Lipinski definition) is 5. The average Bonchev–Trinajstić information content (AvgIpc) is 2.80. The van der Waals surface area contributed by atoms with Crippen LogP contribution in [0.4, 0.5) is 0 Å². The molecule has 18 heavy (non-hydrogen) atoms. The Morgan fingerprint density at radius 3 is 3.00 bits per heavy atom. The highest BCUT2D eigenvalue weighted by atomic mass is 16.7. The van der Waals surface area contributed by atoms with E-state index in [2.05, 4.69) is 0 Å². The number of carboxylic acid groups (broad SMARTS) is 1. The fourth-order valence-electron chi connectivity index (χ4n) is 1.89. The molecule has 0 aliphatic carbocycles. The molecule has 3 N–H and O–H groups in total. The molecule has 0 saturated heterocycles. The number of hydrogen-bond donors (Lipinski definition) is 2. The first-order chi connectivity index (χ1) is 8.63. The standard InChI is InChI=1S/C12H15NO5/c1-16-5-8-7(4-9(13)12(14)15)2-3-10-11(8)18-6-17-10/h2-3,9H,4-6,13H2,1H3,(H,14,15). The van der Waals surface area contributed by atoms with Gasteiger partial charge in [-0.15, -0.1) is 0 Å². The third kappa shape index (κ3) is 2.39. The van der Waals surface area contributed by atoms with Crippen LogP contribution in [0.25, 0.3) is 0 Å². The number of rotatable bonds is 5. The van der Waals surface area contributed by atoms with E-state index in [1.54, 1.807) is 19.2 Å². The van der Waals surface area contributed by atoms with Crippen molar-refractivity contribution >= 4 is 5.97 Å². The highest BCUT2D eigenvalue weighted by Gasteiger charge is 2.23. The Morgan fingerprint density at radius 2 is 2.33 bits per heavy atom. The van der Waals surface area contributed by atoms with Crippen LogP contribution in [0.2, 0.25) is 0 Å². The smallest absolute Gasteiger partial charge is 0.320 e. The van der Waals surface area contributed by atoms with Gasteiger partial charge in [-0.2, -0.15) is 0 Å². The number of benzene rings is 1. The van der Waals surface area contributed by atoms with Crippen LogP contribution in [0.3, 0.4) is 0 Å². The van der Waals surface area contributed by atoms with Gasteiger partial charge < -0.3 is 25.1 Å². The zero-order chi connectivity index (χ0) is 13.1. The highest BCUT2D eigenvalue weighted by Crippen LogP contribution is 2.38. The van der Waals surface area contributed by atoms with Gasteiger partial charge in [0.15, 0.2) is 11.5 Å². The summed E-state index contributed by atoms with van der Waals surface area (Å²) in [7, 11) is 1.57. The summed E-state index contributed by atoms with van der Waals surface area (Å²) in [5.74, 6) is 0.234. The average molecular weight is 253 g/mol. The predicted octanol–water partition coefficient (Wildman–Crippen LogP) is 0.516. The van der Waals surface area contributed by atoms with Gasteiger partial charge >= 0.3 is 5.97 Å². The molecular weight excluding hydrogens is 238 g/mol. The van der Waals surface area contributed by atoms with Crippen LogP contribution < -0.4 is 15.2 Å². The molecule has 1 atom stereocenters. The third-order valence-electron chi connectivity index (χ3n) is 2.78. The molecule has 0 amide bonds. The quantitative estimate of drug-likeness (QED) is 0.794. The fraction of sp³-hybridized carbons (Fsp3) is 0.417. The first-order valence-electron chi connectivity index (χ1n) is 5.51. The van der Waals surface area contributed by atoms with Crippen molar-refractivity contribution in [3.05, 3.63) is 23.3 Å². The molecule has 0 fully saturated rings. The Morgan fingerprint density at radius 1 is 1.56 bits per heavy atom. The molecule has 2 rings (SSSR count). The molecule has 0 radical (unpaired) electrons. The van der Waals surface area contributed by atoms with E-state index < -0.39 is 12.0 Å². The molecular formula is C12H15NO5. The summed E-state index contributed by atoms with van der Waals surface area (Å²) in [6.07, 6.45) is 0.227. The van der Waals surface area contributed by atoms with E-state index in [0.29, 0.717) is 18.1 Å². The third-order valence-corrected chi connectivity index (χ3v) is 2.78. The van der Waals surface area contributed by atoms with Crippen molar-refractivity contribution in [1.82, 2.24) is 0 Å². The maximum absolute atomic E-state index is 10.8. The molecule has 6 nitrogen and oxygen atoms in total. The number of carbonyl (C=O) groups is 1. The minimum absolute atomic E-state index is 0.167. The molecule has 1 aliphatic heterocycles.